The normalized spacial score (nSPS) is 13.2. The predicted molar refractivity (Wildman–Crippen MR) is 129 cm³/mol. The van der Waals surface area contributed by atoms with Gasteiger partial charge in [0, 0.05) is 30.0 Å². The molecule has 0 saturated carbocycles. The van der Waals surface area contributed by atoms with Crippen LogP contribution >= 0.6 is 11.6 Å². The zero-order valence-corrected chi connectivity index (χ0v) is 18.5. The van der Waals surface area contributed by atoms with Crippen molar-refractivity contribution < 1.29 is 9.53 Å². The first-order valence-electron chi connectivity index (χ1n) is 10.3. The number of hydrogen-bond donors (Lipinski definition) is 2. The van der Waals surface area contributed by atoms with Crippen LogP contribution in [-0.2, 0) is 9.53 Å². The van der Waals surface area contributed by atoms with Gasteiger partial charge in [0.05, 0.1) is 41.4 Å². The van der Waals surface area contributed by atoms with Crippen LogP contribution in [0.5, 0.6) is 0 Å². The quantitative estimate of drug-likeness (QED) is 0.526. The van der Waals surface area contributed by atoms with Crippen molar-refractivity contribution in [3.8, 4) is 17.3 Å². The van der Waals surface area contributed by atoms with Crippen molar-refractivity contribution >= 4 is 40.5 Å². The van der Waals surface area contributed by atoms with E-state index in [-0.39, 0.29) is 5.91 Å². The second-order valence-corrected chi connectivity index (χ2v) is 7.64. The number of rotatable bonds is 6. The highest BCUT2D eigenvalue weighted by Gasteiger charge is 2.14. The zero-order valence-electron chi connectivity index (χ0n) is 17.7. The van der Waals surface area contributed by atoms with E-state index in [1.54, 1.807) is 18.2 Å². The lowest BCUT2D eigenvalue weighted by Crippen LogP contribution is -2.36. The Morgan fingerprint density at radius 2 is 2.06 bits per heavy atom. The van der Waals surface area contributed by atoms with E-state index in [0.717, 1.165) is 30.5 Å². The van der Waals surface area contributed by atoms with Crippen LogP contribution < -0.4 is 15.5 Å². The number of nitriles is 1. The lowest BCUT2D eigenvalue weighted by atomic mass is 10.1. The number of ether oxygens (including phenoxy) is 1. The summed E-state index contributed by atoms with van der Waals surface area (Å²) in [5.41, 5.74) is 3.63. The molecular formula is C24H21ClN6O2. The van der Waals surface area contributed by atoms with Gasteiger partial charge in [-0.25, -0.2) is 9.97 Å². The second-order valence-electron chi connectivity index (χ2n) is 7.23. The van der Waals surface area contributed by atoms with Crippen LogP contribution in [-0.4, -0.2) is 42.2 Å². The van der Waals surface area contributed by atoms with Crippen molar-refractivity contribution in [2.24, 2.45) is 0 Å². The fraction of sp³-hybridized carbons (Fsp3) is 0.167. The van der Waals surface area contributed by atoms with Gasteiger partial charge in [-0.1, -0.05) is 30.3 Å². The van der Waals surface area contributed by atoms with Crippen molar-refractivity contribution in [2.45, 2.75) is 0 Å². The van der Waals surface area contributed by atoms with Crippen LogP contribution in [0.25, 0.3) is 11.3 Å². The minimum atomic E-state index is -0.389. The molecule has 1 aromatic heterocycles. The SMILES string of the molecule is C=CC(=O)Nc1cc(-c2nc(Nc3cccc(N4CCOCC4)c3)ncc2C#N)ccc1Cl. The minimum absolute atomic E-state index is 0.297. The number of nitrogens with one attached hydrogen (secondary N) is 2. The highest BCUT2D eigenvalue weighted by molar-refractivity contribution is 6.34. The maximum absolute atomic E-state index is 11.7. The van der Waals surface area contributed by atoms with Crippen LogP contribution in [0.4, 0.5) is 23.0 Å². The number of nitrogens with zero attached hydrogens (tertiary/aromatic N) is 4. The van der Waals surface area contributed by atoms with Crippen molar-refractivity contribution in [3.63, 3.8) is 0 Å². The average molecular weight is 461 g/mol. The largest absolute Gasteiger partial charge is 0.378 e. The van der Waals surface area contributed by atoms with Crippen LogP contribution in [0.3, 0.4) is 0 Å². The first-order chi connectivity index (χ1) is 16.1. The number of hydrogen-bond acceptors (Lipinski definition) is 7. The molecule has 1 fully saturated rings. The van der Waals surface area contributed by atoms with Gasteiger partial charge < -0.3 is 20.3 Å². The van der Waals surface area contributed by atoms with E-state index in [0.29, 0.717) is 46.7 Å². The molecule has 3 aromatic rings. The molecule has 1 saturated heterocycles. The Bertz CT molecular complexity index is 1230. The van der Waals surface area contributed by atoms with Gasteiger partial charge in [0.25, 0.3) is 0 Å². The van der Waals surface area contributed by atoms with Gasteiger partial charge in [-0.3, -0.25) is 4.79 Å². The number of morpholine rings is 1. The molecule has 4 rings (SSSR count). The lowest BCUT2D eigenvalue weighted by Gasteiger charge is -2.29. The molecule has 1 aliphatic heterocycles. The van der Waals surface area contributed by atoms with E-state index in [1.807, 2.05) is 24.3 Å². The summed E-state index contributed by atoms with van der Waals surface area (Å²) in [6, 6.07) is 15.1. The van der Waals surface area contributed by atoms with Gasteiger partial charge in [-0.15, -0.1) is 0 Å². The molecule has 9 heteroatoms. The summed E-state index contributed by atoms with van der Waals surface area (Å²) in [4.78, 5) is 22.8. The Morgan fingerprint density at radius 3 is 2.82 bits per heavy atom. The van der Waals surface area contributed by atoms with Crippen molar-refractivity contribution in [2.75, 3.05) is 41.8 Å². The van der Waals surface area contributed by atoms with Gasteiger partial charge >= 0.3 is 0 Å². The number of anilines is 4. The van der Waals surface area contributed by atoms with Gasteiger partial charge in [0.1, 0.15) is 6.07 Å². The van der Waals surface area contributed by atoms with Crippen LogP contribution in [0.1, 0.15) is 5.56 Å². The van der Waals surface area contributed by atoms with Crippen molar-refractivity contribution in [1.82, 2.24) is 9.97 Å². The van der Waals surface area contributed by atoms with E-state index in [9.17, 15) is 10.1 Å². The van der Waals surface area contributed by atoms with Crippen LogP contribution in [0.15, 0.2) is 61.3 Å². The molecule has 0 spiro atoms. The molecule has 0 atom stereocenters. The molecule has 2 heterocycles. The summed E-state index contributed by atoms with van der Waals surface area (Å²) in [5.74, 6) is -0.0468. The molecule has 0 bridgehead atoms. The van der Waals surface area contributed by atoms with E-state index >= 15 is 0 Å². The van der Waals surface area contributed by atoms with Gasteiger partial charge in [-0.2, -0.15) is 5.26 Å². The predicted octanol–water partition coefficient (Wildman–Crippen LogP) is 4.37. The number of carbonyl (C=O) groups excluding carboxylic acids is 1. The highest BCUT2D eigenvalue weighted by Crippen LogP contribution is 2.30. The van der Waals surface area contributed by atoms with E-state index < -0.39 is 0 Å². The molecule has 1 aliphatic rings. The van der Waals surface area contributed by atoms with Crippen LogP contribution in [0.2, 0.25) is 5.02 Å². The van der Waals surface area contributed by atoms with E-state index in [2.05, 4.69) is 38.1 Å². The topological polar surface area (TPSA) is 103 Å². The molecule has 8 nitrogen and oxygen atoms in total. The molecule has 0 unspecified atom stereocenters. The van der Waals surface area contributed by atoms with E-state index in [1.165, 1.54) is 6.20 Å². The summed E-state index contributed by atoms with van der Waals surface area (Å²) in [6.45, 7) is 6.53. The fourth-order valence-corrected chi connectivity index (χ4v) is 3.59. The third-order valence-corrected chi connectivity index (χ3v) is 5.40. The Hall–Kier alpha value is -3.93. The molecule has 2 N–H and O–H groups in total. The number of amides is 1. The Labute approximate surface area is 196 Å². The number of halogens is 1. The molecule has 0 aliphatic carbocycles. The van der Waals surface area contributed by atoms with Crippen molar-refractivity contribution in [1.29, 1.82) is 5.26 Å². The standard InChI is InChI=1S/C24H21ClN6O2/c1-2-22(32)29-21-12-16(6-7-20(21)25)23-17(14-26)15-27-24(30-23)28-18-4-3-5-19(13-18)31-8-10-33-11-9-31/h2-7,12-13,15H,1,8-11H2,(H,29,32)(H,27,28,30). The Morgan fingerprint density at radius 1 is 1.24 bits per heavy atom. The van der Waals surface area contributed by atoms with Gasteiger partial charge in [0.15, 0.2) is 0 Å². The first kappa shape index (κ1) is 22.3. The van der Waals surface area contributed by atoms with Gasteiger partial charge in [-0.05, 0) is 36.4 Å². The number of benzene rings is 2. The highest BCUT2D eigenvalue weighted by atomic mass is 35.5. The molecule has 0 radical (unpaired) electrons. The Kier molecular flexibility index (Phi) is 6.83. The van der Waals surface area contributed by atoms with Crippen LogP contribution in [0, 0.1) is 11.3 Å². The Balaban J connectivity index is 1.63. The monoisotopic (exact) mass is 460 g/mol. The fourth-order valence-electron chi connectivity index (χ4n) is 3.43. The summed E-state index contributed by atoms with van der Waals surface area (Å²) in [7, 11) is 0. The smallest absolute Gasteiger partial charge is 0.247 e. The summed E-state index contributed by atoms with van der Waals surface area (Å²) in [6.07, 6.45) is 2.62. The molecule has 166 valence electrons. The molecule has 1 amide bonds. The third kappa shape index (κ3) is 5.29. The maximum Gasteiger partial charge on any atom is 0.247 e. The summed E-state index contributed by atoms with van der Waals surface area (Å²) < 4.78 is 5.43. The minimum Gasteiger partial charge on any atom is -0.378 e. The van der Waals surface area contributed by atoms with Crippen molar-refractivity contribution in [3.05, 3.63) is 71.9 Å². The molecule has 33 heavy (non-hydrogen) atoms. The average Bonchev–Trinajstić information content (AvgIpc) is 2.86. The maximum atomic E-state index is 11.7. The third-order valence-electron chi connectivity index (χ3n) is 5.07. The molecular weight excluding hydrogens is 440 g/mol. The molecule has 2 aromatic carbocycles. The zero-order chi connectivity index (χ0) is 23.2. The first-order valence-corrected chi connectivity index (χ1v) is 10.7. The summed E-state index contributed by atoms with van der Waals surface area (Å²) >= 11 is 6.20. The number of carbonyl (C=O) groups is 1. The van der Waals surface area contributed by atoms with Gasteiger partial charge in [0.2, 0.25) is 11.9 Å². The second kappa shape index (κ2) is 10.1. The number of aromatic nitrogens is 2. The van der Waals surface area contributed by atoms with E-state index in [4.69, 9.17) is 16.3 Å². The lowest BCUT2D eigenvalue weighted by molar-refractivity contribution is -0.111. The summed E-state index contributed by atoms with van der Waals surface area (Å²) in [5, 5.41) is 15.8.